The fraction of sp³-hybridized carbons (Fsp3) is 0.263. The Bertz CT molecular complexity index is 1040. The van der Waals surface area contributed by atoms with Crippen LogP contribution >= 0.6 is 46.3 Å². The molecule has 0 N–H and O–H groups in total. The van der Waals surface area contributed by atoms with E-state index in [-0.39, 0.29) is 5.91 Å². The Labute approximate surface area is 175 Å². The number of thiazole rings is 1. The predicted octanol–water partition coefficient (Wildman–Crippen LogP) is 5.51. The summed E-state index contributed by atoms with van der Waals surface area (Å²) in [6.45, 7) is 3.58. The SMILES string of the molecule is CCOCCn1c(=NC(=O)c2cccc(SC)c2)sc2c(Cl)ccc(Cl)c21. The molecule has 1 heterocycles. The Hall–Kier alpha value is -1.31. The van der Waals surface area contributed by atoms with Crippen molar-refractivity contribution in [2.24, 2.45) is 4.99 Å². The molecule has 0 spiro atoms. The largest absolute Gasteiger partial charge is 0.380 e. The number of rotatable bonds is 6. The van der Waals surface area contributed by atoms with Crippen LogP contribution in [0.25, 0.3) is 10.2 Å². The van der Waals surface area contributed by atoms with Gasteiger partial charge in [-0.05, 0) is 43.5 Å². The van der Waals surface area contributed by atoms with Gasteiger partial charge in [0.2, 0.25) is 0 Å². The monoisotopic (exact) mass is 440 g/mol. The number of carbonyl (C=O) groups is 1. The molecule has 0 aliphatic carbocycles. The van der Waals surface area contributed by atoms with Gasteiger partial charge in [-0.25, -0.2) is 0 Å². The van der Waals surface area contributed by atoms with E-state index in [1.54, 1.807) is 30.0 Å². The van der Waals surface area contributed by atoms with Crippen LogP contribution in [0.15, 0.2) is 46.3 Å². The molecule has 1 aromatic heterocycles. The fourth-order valence-electron chi connectivity index (χ4n) is 2.61. The third-order valence-corrected chi connectivity index (χ3v) is 6.47. The van der Waals surface area contributed by atoms with Crippen LogP contribution in [-0.4, -0.2) is 29.9 Å². The first-order valence-corrected chi connectivity index (χ1v) is 11.1. The lowest BCUT2D eigenvalue weighted by Gasteiger charge is -2.07. The van der Waals surface area contributed by atoms with Gasteiger partial charge in [0, 0.05) is 23.6 Å². The van der Waals surface area contributed by atoms with Crippen LogP contribution in [0.4, 0.5) is 0 Å². The van der Waals surface area contributed by atoms with E-state index >= 15 is 0 Å². The molecular weight excluding hydrogens is 423 g/mol. The number of fused-ring (bicyclic) bond motifs is 1. The van der Waals surface area contributed by atoms with E-state index in [4.69, 9.17) is 27.9 Å². The molecule has 0 bridgehead atoms. The van der Waals surface area contributed by atoms with E-state index < -0.39 is 0 Å². The van der Waals surface area contributed by atoms with Gasteiger partial charge in [-0.2, -0.15) is 4.99 Å². The maximum absolute atomic E-state index is 12.7. The van der Waals surface area contributed by atoms with Crippen LogP contribution in [0, 0.1) is 0 Å². The predicted molar refractivity (Wildman–Crippen MR) is 114 cm³/mol. The summed E-state index contributed by atoms with van der Waals surface area (Å²) in [5.41, 5.74) is 1.33. The molecule has 2 aromatic carbocycles. The second-order valence-corrected chi connectivity index (χ2v) is 8.26. The number of thioether (sulfide) groups is 1. The lowest BCUT2D eigenvalue weighted by atomic mass is 10.2. The smallest absolute Gasteiger partial charge is 0.279 e. The summed E-state index contributed by atoms with van der Waals surface area (Å²) in [6, 6.07) is 10.9. The Kier molecular flexibility index (Phi) is 7.00. The molecular formula is C19H18Cl2N2O2S2. The number of amides is 1. The first-order valence-electron chi connectivity index (χ1n) is 8.33. The highest BCUT2D eigenvalue weighted by Crippen LogP contribution is 2.32. The van der Waals surface area contributed by atoms with Gasteiger partial charge in [0.25, 0.3) is 5.91 Å². The molecule has 0 aliphatic heterocycles. The van der Waals surface area contributed by atoms with E-state index in [2.05, 4.69) is 4.99 Å². The van der Waals surface area contributed by atoms with E-state index in [1.807, 2.05) is 35.9 Å². The molecule has 0 saturated heterocycles. The van der Waals surface area contributed by atoms with Gasteiger partial charge >= 0.3 is 0 Å². The van der Waals surface area contributed by atoms with Gasteiger partial charge < -0.3 is 9.30 Å². The summed E-state index contributed by atoms with van der Waals surface area (Å²) >= 11 is 15.7. The van der Waals surface area contributed by atoms with Crippen molar-refractivity contribution in [2.75, 3.05) is 19.5 Å². The number of nitrogens with zero attached hydrogens (tertiary/aromatic N) is 2. The molecule has 0 fully saturated rings. The maximum atomic E-state index is 12.7. The first kappa shape index (κ1) is 20.4. The Morgan fingerprint density at radius 3 is 2.78 bits per heavy atom. The first-order chi connectivity index (χ1) is 13.0. The summed E-state index contributed by atoms with van der Waals surface area (Å²) in [6.07, 6.45) is 1.97. The number of carbonyl (C=O) groups excluding carboxylic acids is 1. The van der Waals surface area contributed by atoms with Crippen molar-refractivity contribution in [1.82, 2.24) is 4.57 Å². The van der Waals surface area contributed by atoms with Crippen LogP contribution in [-0.2, 0) is 11.3 Å². The van der Waals surface area contributed by atoms with E-state index in [0.29, 0.717) is 40.2 Å². The zero-order chi connectivity index (χ0) is 19.4. The number of hydrogen-bond acceptors (Lipinski definition) is 4. The number of benzene rings is 2. The van der Waals surface area contributed by atoms with Crippen molar-refractivity contribution in [3.63, 3.8) is 0 Å². The number of halogens is 2. The van der Waals surface area contributed by atoms with Crippen molar-refractivity contribution < 1.29 is 9.53 Å². The molecule has 3 rings (SSSR count). The number of aromatic nitrogens is 1. The molecule has 0 unspecified atom stereocenters. The Morgan fingerprint density at radius 2 is 2.04 bits per heavy atom. The lowest BCUT2D eigenvalue weighted by molar-refractivity contribution is 0.0996. The maximum Gasteiger partial charge on any atom is 0.279 e. The Balaban J connectivity index is 2.12. The zero-order valence-electron chi connectivity index (χ0n) is 14.9. The van der Waals surface area contributed by atoms with Gasteiger partial charge in [-0.1, -0.05) is 40.6 Å². The number of hydrogen-bond donors (Lipinski definition) is 0. The van der Waals surface area contributed by atoms with Crippen molar-refractivity contribution in [2.45, 2.75) is 18.4 Å². The van der Waals surface area contributed by atoms with Gasteiger partial charge in [0.15, 0.2) is 4.80 Å². The average Bonchev–Trinajstić information content (AvgIpc) is 3.04. The highest BCUT2D eigenvalue weighted by atomic mass is 35.5. The van der Waals surface area contributed by atoms with Crippen LogP contribution < -0.4 is 4.80 Å². The highest BCUT2D eigenvalue weighted by molar-refractivity contribution is 7.98. The second kappa shape index (κ2) is 9.26. The van der Waals surface area contributed by atoms with Crippen LogP contribution in [0.5, 0.6) is 0 Å². The van der Waals surface area contributed by atoms with Gasteiger partial charge in [-0.15, -0.1) is 11.8 Å². The van der Waals surface area contributed by atoms with Gasteiger partial charge in [-0.3, -0.25) is 4.79 Å². The normalized spacial score (nSPS) is 12.1. The molecule has 0 atom stereocenters. The van der Waals surface area contributed by atoms with Crippen molar-refractivity contribution in [1.29, 1.82) is 0 Å². The summed E-state index contributed by atoms with van der Waals surface area (Å²) in [4.78, 5) is 18.7. The third-order valence-electron chi connectivity index (χ3n) is 3.91. The molecule has 3 aromatic rings. The lowest BCUT2D eigenvalue weighted by Crippen LogP contribution is -2.20. The minimum Gasteiger partial charge on any atom is -0.380 e. The molecule has 1 amide bonds. The molecule has 0 aliphatic rings. The van der Waals surface area contributed by atoms with Gasteiger partial charge in [0.05, 0.1) is 26.9 Å². The highest BCUT2D eigenvalue weighted by Gasteiger charge is 2.14. The van der Waals surface area contributed by atoms with Crippen LogP contribution in [0.2, 0.25) is 10.0 Å². The quantitative estimate of drug-likeness (QED) is 0.374. The molecule has 0 radical (unpaired) electrons. The molecule has 8 heteroatoms. The minimum atomic E-state index is -0.296. The average molecular weight is 441 g/mol. The van der Waals surface area contributed by atoms with E-state index in [1.165, 1.54) is 11.3 Å². The minimum absolute atomic E-state index is 0.296. The molecule has 0 saturated carbocycles. The van der Waals surface area contributed by atoms with Crippen molar-refractivity contribution >= 4 is 62.4 Å². The van der Waals surface area contributed by atoms with Gasteiger partial charge in [0.1, 0.15) is 0 Å². The third kappa shape index (κ3) is 4.58. The molecule has 142 valence electrons. The summed E-state index contributed by atoms with van der Waals surface area (Å²) < 4.78 is 8.19. The fourth-order valence-corrected chi connectivity index (χ4v) is 4.74. The zero-order valence-corrected chi connectivity index (χ0v) is 18.0. The number of ether oxygens (including phenoxy) is 1. The molecule has 27 heavy (non-hydrogen) atoms. The van der Waals surface area contributed by atoms with Crippen LogP contribution in [0.1, 0.15) is 17.3 Å². The van der Waals surface area contributed by atoms with E-state index in [0.717, 1.165) is 15.1 Å². The summed E-state index contributed by atoms with van der Waals surface area (Å²) in [7, 11) is 0. The van der Waals surface area contributed by atoms with Crippen molar-refractivity contribution in [3.8, 4) is 0 Å². The topological polar surface area (TPSA) is 43.6 Å². The second-order valence-electron chi connectivity index (χ2n) is 5.59. The Morgan fingerprint density at radius 1 is 1.26 bits per heavy atom. The van der Waals surface area contributed by atoms with Crippen molar-refractivity contribution in [3.05, 3.63) is 56.8 Å². The summed E-state index contributed by atoms with van der Waals surface area (Å²) in [5, 5.41) is 1.16. The molecule has 4 nitrogen and oxygen atoms in total. The standard InChI is InChI=1S/C19H18Cl2N2O2S2/c1-3-25-10-9-23-16-14(20)7-8-15(21)17(16)27-19(23)22-18(24)12-5-4-6-13(11-12)26-2/h4-8,11H,3,9-10H2,1-2H3. The summed E-state index contributed by atoms with van der Waals surface area (Å²) in [5.74, 6) is -0.296. The van der Waals surface area contributed by atoms with Crippen LogP contribution in [0.3, 0.4) is 0 Å². The van der Waals surface area contributed by atoms with E-state index in [9.17, 15) is 4.79 Å².